The summed E-state index contributed by atoms with van der Waals surface area (Å²) in [7, 11) is 0. The van der Waals surface area contributed by atoms with Crippen molar-refractivity contribution in [2.45, 2.75) is 39.7 Å². The van der Waals surface area contributed by atoms with Crippen LogP contribution in [0, 0.1) is 19.8 Å². The zero-order valence-corrected chi connectivity index (χ0v) is 19.8. The van der Waals surface area contributed by atoms with Gasteiger partial charge < -0.3 is 9.42 Å². The SMILES string of the molecule is Cc1noc(C)c1C(=O)N1CC(Cc2cncc(N3C(=O)c4ccc(Cl)cc4C3(C)C)c2)C1. The molecule has 0 aliphatic carbocycles. The number of aryl methyl sites for hydroxylation is 2. The molecule has 7 nitrogen and oxygen atoms in total. The molecular weight excluding hydrogens is 440 g/mol. The van der Waals surface area contributed by atoms with Gasteiger partial charge in [0, 0.05) is 29.9 Å². The van der Waals surface area contributed by atoms with Crippen molar-refractivity contribution in [3.8, 4) is 0 Å². The highest BCUT2D eigenvalue weighted by molar-refractivity contribution is 6.31. The van der Waals surface area contributed by atoms with Crippen molar-refractivity contribution in [1.29, 1.82) is 0 Å². The molecule has 0 unspecified atom stereocenters. The van der Waals surface area contributed by atoms with E-state index in [-0.39, 0.29) is 11.8 Å². The van der Waals surface area contributed by atoms with Crippen molar-refractivity contribution < 1.29 is 14.1 Å². The second kappa shape index (κ2) is 7.70. The Morgan fingerprint density at radius 1 is 1.21 bits per heavy atom. The number of hydrogen-bond acceptors (Lipinski definition) is 5. The number of hydrogen-bond donors (Lipinski definition) is 0. The van der Waals surface area contributed by atoms with Gasteiger partial charge >= 0.3 is 0 Å². The van der Waals surface area contributed by atoms with Crippen LogP contribution in [0.25, 0.3) is 0 Å². The van der Waals surface area contributed by atoms with Gasteiger partial charge in [0.2, 0.25) is 0 Å². The van der Waals surface area contributed by atoms with Crippen LogP contribution in [0.15, 0.2) is 41.2 Å². The Morgan fingerprint density at radius 3 is 2.67 bits per heavy atom. The molecule has 0 radical (unpaired) electrons. The first-order valence-electron chi connectivity index (χ1n) is 11.0. The van der Waals surface area contributed by atoms with Crippen molar-refractivity contribution in [2.75, 3.05) is 18.0 Å². The average molecular weight is 465 g/mol. The van der Waals surface area contributed by atoms with Gasteiger partial charge in [-0.1, -0.05) is 16.8 Å². The van der Waals surface area contributed by atoms with E-state index in [4.69, 9.17) is 16.1 Å². The second-order valence-corrected chi connectivity index (χ2v) is 9.86. The molecule has 0 atom stereocenters. The molecule has 170 valence electrons. The predicted molar refractivity (Wildman–Crippen MR) is 125 cm³/mol. The zero-order chi connectivity index (χ0) is 23.5. The molecule has 1 aromatic carbocycles. The summed E-state index contributed by atoms with van der Waals surface area (Å²) in [6.45, 7) is 8.92. The lowest BCUT2D eigenvalue weighted by atomic mass is 9.91. The number of likely N-dealkylation sites (tertiary alicyclic amines) is 1. The van der Waals surface area contributed by atoms with Crippen molar-refractivity contribution in [3.63, 3.8) is 0 Å². The summed E-state index contributed by atoms with van der Waals surface area (Å²) in [4.78, 5) is 34.0. The van der Waals surface area contributed by atoms with Crippen LogP contribution < -0.4 is 4.90 Å². The van der Waals surface area contributed by atoms with Crippen molar-refractivity contribution in [2.24, 2.45) is 5.92 Å². The number of carbonyl (C=O) groups is 2. The number of rotatable bonds is 4. The third-order valence-electron chi connectivity index (χ3n) is 6.69. The van der Waals surface area contributed by atoms with Gasteiger partial charge in [-0.2, -0.15) is 0 Å². The maximum absolute atomic E-state index is 13.2. The maximum atomic E-state index is 13.2. The van der Waals surface area contributed by atoms with E-state index in [2.05, 4.69) is 10.1 Å². The smallest absolute Gasteiger partial charge is 0.259 e. The van der Waals surface area contributed by atoms with E-state index in [1.54, 1.807) is 37.1 Å². The molecule has 0 N–H and O–H groups in total. The molecule has 0 saturated carbocycles. The van der Waals surface area contributed by atoms with E-state index in [9.17, 15) is 9.59 Å². The minimum Gasteiger partial charge on any atom is -0.361 e. The van der Waals surface area contributed by atoms with Gasteiger partial charge in [-0.15, -0.1) is 0 Å². The third-order valence-corrected chi connectivity index (χ3v) is 6.92. The lowest BCUT2D eigenvalue weighted by Crippen LogP contribution is -2.51. The highest BCUT2D eigenvalue weighted by Crippen LogP contribution is 2.42. The topological polar surface area (TPSA) is 79.5 Å². The van der Waals surface area contributed by atoms with Gasteiger partial charge in [0.25, 0.3) is 11.8 Å². The molecule has 1 fully saturated rings. The first-order chi connectivity index (χ1) is 15.7. The van der Waals surface area contributed by atoms with Crippen LogP contribution in [0.5, 0.6) is 0 Å². The summed E-state index contributed by atoms with van der Waals surface area (Å²) in [5.41, 5.74) is 4.04. The summed E-state index contributed by atoms with van der Waals surface area (Å²) in [6.07, 6.45) is 4.35. The van der Waals surface area contributed by atoms with Gasteiger partial charge in [-0.25, -0.2) is 0 Å². The van der Waals surface area contributed by atoms with E-state index >= 15 is 0 Å². The van der Waals surface area contributed by atoms with E-state index in [0.717, 1.165) is 23.2 Å². The number of pyridine rings is 1. The number of anilines is 1. The zero-order valence-electron chi connectivity index (χ0n) is 19.1. The minimum absolute atomic E-state index is 0.0322. The fourth-order valence-corrected chi connectivity index (χ4v) is 5.17. The molecule has 2 amide bonds. The van der Waals surface area contributed by atoms with Gasteiger partial charge in [0.05, 0.1) is 23.1 Å². The molecule has 2 aliphatic rings. The second-order valence-electron chi connectivity index (χ2n) is 9.42. The van der Waals surface area contributed by atoms with E-state index in [1.807, 2.05) is 37.1 Å². The van der Waals surface area contributed by atoms with E-state index < -0.39 is 5.54 Å². The highest BCUT2D eigenvalue weighted by Gasteiger charge is 2.44. The molecule has 4 heterocycles. The molecule has 3 aromatic rings. The Kier molecular flexibility index (Phi) is 5.05. The standard InChI is InChI=1S/C25H25ClN4O3/c1-14-22(15(2)33-28-14)24(32)29-12-17(13-29)7-16-8-19(11-27-10-16)30-23(31)20-6-5-18(26)9-21(20)25(30,3)4/h5-6,8-11,17H,7,12-13H2,1-4H3. The number of carbonyl (C=O) groups excluding carboxylic acids is 2. The molecule has 0 spiro atoms. The number of halogens is 1. The van der Waals surface area contributed by atoms with Crippen LogP contribution in [0.4, 0.5) is 5.69 Å². The molecule has 0 bridgehead atoms. The average Bonchev–Trinajstić information content (AvgIpc) is 3.17. The van der Waals surface area contributed by atoms with Gasteiger partial charge in [0.15, 0.2) is 0 Å². The summed E-state index contributed by atoms with van der Waals surface area (Å²) < 4.78 is 5.13. The third kappa shape index (κ3) is 3.51. The molecule has 5 rings (SSSR count). The van der Waals surface area contributed by atoms with E-state index in [1.165, 1.54) is 0 Å². The Labute approximate surface area is 197 Å². The Hall–Kier alpha value is -3.19. The number of fused-ring (bicyclic) bond motifs is 1. The van der Waals surface area contributed by atoms with Crippen molar-refractivity contribution in [1.82, 2.24) is 15.0 Å². The Bertz CT molecular complexity index is 1260. The van der Waals surface area contributed by atoms with Crippen molar-refractivity contribution >= 4 is 29.1 Å². The monoisotopic (exact) mass is 464 g/mol. The summed E-state index contributed by atoms with van der Waals surface area (Å²) in [5.74, 6) is 0.809. The van der Waals surface area contributed by atoms with Crippen LogP contribution in [-0.4, -0.2) is 39.9 Å². The molecule has 2 aliphatic heterocycles. The fraction of sp³-hybridized carbons (Fsp3) is 0.360. The Morgan fingerprint density at radius 2 is 1.97 bits per heavy atom. The van der Waals surface area contributed by atoms with Crippen LogP contribution >= 0.6 is 11.6 Å². The number of aromatic nitrogens is 2. The van der Waals surface area contributed by atoms with Crippen LogP contribution in [0.3, 0.4) is 0 Å². The highest BCUT2D eigenvalue weighted by atomic mass is 35.5. The molecule has 8 heteroatoms. The Balaban J connectivity index is 1.30. The largest absolute Gasteiger partial charge is 0.361 e. The van der Waals surface area contributed by atoms with Crippen LogP contribution in [-0.2, 0) is 12.0 Å². The minimum atomic E-state index is -0.536. The molecular formula is C25H25ClN4O3. The van der Waals surface area contributed by atoms with Gasteiger partial charge in [-0.05, 0) is 75.4 Å². The lowest BCUT2D eigenvalue weighted by molar-refractivity contribution is 0.0498. The summed E-state index contributed by atoms with van der Waals surface area (Å²) >= 11 is 6.20. The number of nitrogens with zero attached hydrogens (tertiary/aromatic N) is 4. The predicted octanol–water partition coefficient (Wildman–Crippen LogP) is 4.55. The molecule has 33 heavy (non-hydrogen) atoms. The van der Waals surface area contributed by atoms with Gasteiger partial charge in [-0.3, -0.25) is 19.5 Å². The van der Waals surface area contributed by atoms with Crippen LogP contribution in [0.2, 0.25) is 5.02 Å². The quantitative estimate of drug-likeness (QED) is 0.566. The summed E-state index contributed by atoms with van der Waals surface area (Å²) in [6, 6.07) is 7.43. The summed E-state index contributed by atoms with van der Waals surface area (Å²) in [5, 5.41) is 4.49. The van der Waals surface area contributed by atoms with E-state index in [0.29, 0.717) is 46.6 Å². The van der Waals surface area contributed by atoms with Crippen LogP contribution in [0.1, 0.15) is 57.1 Å². The first-order valence-corrected chi connectivity index (χ1v) is 11.3. The molecule has 1 saturated heterocycles. The fourth-order valence-electron chi connectivity index (χ4n) is 5.00. The first kappa shape index (κ1) is 21.6. The lowest BCUT2D eigenvalue weighted by Gasteiger charge is -2.39. The number of amides is 2. The number of benzene rings is 1. The normalized spacial score (nSPS) is 17.3. The molecule has 2 aromatic heterocycles. The van der Waals surface area contributed by atoms with Gasteiger partial charge in [0.1, 0.15) is 11.3 Å². The maximum Gasteiger partial charge on any atom is 0.259 e. The van der Waals surface area contributed by atoms with Crippen molar-refractivity contribution in [3.05, 3.63) is 75.4 Å².